The molecule has 0 radical (unpaired) electrons. The lowest BCUT2D eigenvalue weighted by atomic mass is 10.1. The van der Waals surface area contributed by atoms with Crippen LogP contribution in [0.15, 0.2) is 0 Å². The van der Waals surface area contributed by atoms with Crippen LogP contribution in [0.5, 0.6) is 0 Å². The third-order valence-electron chi connectivity index (χ3n) is 1.81. The highest BCUT2D eigenvalue weighted by atomic mass is 32.2. The fourth-order valence-electron chi connectivity index (χ4n) is 0.770. The Morgan fingerprint density at radius 3 is 2.47 bits per heavy atom. The van der Waals surface area contributed by atoms with Crippen molar-refractivity contribution in [3.63, 3.8) is 0 Å². The van der Waals surface area contributed by atoms with Crippen LogP contribution in [0.4, 0.5) is 0 Å². The summed E-state index contributed by atoms with van der Waals surface area (Å²) in [5, 5.41) is 0. The molecule has 0 saturated carbocycles. The van der Waals surface area contributed by atoms with Gasteiger partial charge in [-0.05, 0) is 6.92 Å². The highest BCUT2D eigenvalue weighted by Crippen LogP contribution is 1.93. The zero-order valence-corrected chi connectivity index (χ0v) is 10.3. The molecule has 0 aliphatic heterocycles. The van der Waals surface area contributed by atoms with Gasteiger partial charge in [-0.2, -0.15) is 0 Å². The molecular weight excluding hydrogens is 218 g/mol. The monoisotopic (exact) mass is 237 g/mol. The van der Waals surface area contributed by atoms with E-state index in [1.165, 1.54) is 0 Å². The van der Waals surface area contributed by atoms with Crippen molar-refractivity contribution in [3.8, 4) is 0 Å². The molecule has 15 heavy (non-hydrogen) atoms. The van der Waals surface area contributed by atoms with E-state index in [0.29, 0.717) is 6.61 Å². The maximum atomic E-state index is 11.3. The smallest absolute Gasteiger partial charge is 0.214 e. The fourth-order valence-corrected chi connectivity index (χ4v) is 1.61. The molecule has 0 fully saturated rings. The summed E-state index contributed by atoms with van der Waals surface area (Å²) >= 11 is 0. The molecular formula is C9H19NO4S. The summed E-state index contributed by atoms with van der Waals surface area (Å²) in [7, 11) is -3.38. The highest BCUT2D eigenvalue weighted by molar-refractivity contribution is 7.89. The number of nitrogens with one attached hydrogen (secondary N) is 1. The van der Waals surface area contributed by atoms with E-state index in [2.05, 4.69) is 4.72 Å². The SMILES string of the molecule is CCOCCS(=O)(=O)NCC(=O)C(C)C. The number of hydrogen-bond donors (Lipinski definition) is 1. The second-order valence-corrected chi connectivity index (χ2v) is 5.38. The Morgan fingerprint density at radius 2 is 2.00 bits per heavy atom. The van der Waals surface area contributed by atoms with Crippen molar-refractivity contribution in [2.45, 2.75) is 20.8 Å². The third-order valence-corrected chi connectivity index (χ3v) is 3.10. The largest absolute Gasteiger partial charge is 0.381 e. The predicted octanol–water partition coefficient (Wildman–Crippen LogP) is 0.167. The Morgan fingerprint density at radius 1 is 1.40 bits per heavy atom. The molecule has 5 nitrogen and oxygen atoms in total. The third kappa shape index (κ3) is 7.47. The zero-order valence-electron chi connectivity index (χ0n) is 9.45. The first kappa shape index (κ1) is 14.5. The second-order valence-electron chi connectivity index (χ2n) is 3.46. The first-order valence-electron chi connectivity index (χ1n) is 4.97. The molecule has 1 N–H and O–H groups in total. The van der Waals surface area contributed by atoms with E-state index in [-0.39, 0.29) is 30.6 Å². The summed E-state index contributed by atoms with van der Waals surface area (Å²) < 4.78 is 29.7. The fraction of sp³-hybridized carbons (Fsp3) is 0.889. The summed E-state index contributed by atoms with van der Waals surface area (Å²) in [5.74, 6) is -0.374. The lowest BCUT2D eigenvalue weighted by Gasteiger charge is -2.07. The number of Topliss-reactive ketones (excluding diaryl/α,β-unsaturated/α-hetero) is 1. The number of hydrogen-bond acceptors (Lipinski definition) is 4. The van der Waals surface area contributed by atoms with Crippen molar-refractivity contribution < 1.29 is 17.9 Å². The van der Waals surface area contributed by atoms with Crippen LogP contribution < -0.4 is 4.72 Å². The first-order valence-corrected chi connectivity index (χ1v) is 6.62. The molecule has 6 heteroatoms. The molecule has 0 bridgehead atoms. The van der Waals surface area contributed by atoms with Gasteiger partial charge < -0.3 is 4.74 Å². The van der Waals surface area contributed by atoms with Crippen molar-refractivity contribution >= 4 is 15.8 Å². The second kappa shape index (κ2) is 6.92. The lowest BCUT2D eigenvalue weighted by molar-refractivity contribution is -0.120. The van der Waals surface area contributed by atoms with Crippen LogP contribution in [0.1, 0.15) is 20.8 Å². The molecule has 0 aliphatic carbocycles. The highest BCUT2D eigenvalue weighted by Gasteiger charge is 2.13. The van der Waals surface area contributed by atoms with Gasteiger partial charge in [-0.25, -0.2) is 13.1 Å². The van der Waals surface area contributed by atoms with Crippen molar-refractivity contribution in [3.05, 3.63) is 0 Å². The molecule has 0 amide bonds. The van der Waals surface area contributed by atoms with Gasteiger partial charge in [-0.3, -0.25) is 4.79 Å². The normalized spacial score (nSPS) is 12.0. The molecule has 0 aromatic heterocycles. The zero-order chi connectivity index (χ0) is 11.9. The van der Waals surface area contributed by atoms with E-state index in [0.717, 1.165) is 0 Å². The van der Waals surface area contributed by atoms with Crippen LogP contribution in [0, 0.1) is 5.92 Å². The van der Waals surface area contributed by atoms with E-state index in [4.69, 9.17) is 4.74 Å². The summed E-state index contributed by atoms with van der Waals surface area (Å²) in [6.07, 6.45) is 0. The van der Waals surface area contributed by atoms with Crippen LogP contribution in [0.25, 0.3) is 0 Å². The van der Waals surface area contributed by atoms with Crippen molar-refractivity contribution in [1.82, 2.24) is 4.72 Å². The molecule has 0 saturated heterocycles. The van der Waals surface area contributed by atoms with Crippen LogP contribution in [-0.4, -0.2) is 39.7 Å². The summed E-state index contributed by atoms with van der Waals surface area (Å²) in [6, 6.07) is 0. The van der Waals surface area contributed by atoms with Crippen LogP contribution in [0.3, 0.4) is 0 Å². The maximum absolute atomic E-state index is 11.3. The lowest BCUT2D eigenvalue weighted by Crippen LogP contribution is -2.34. The maximum Gasteiger partial charge on any atom is 0.214 e. The van der Waals surface area contributed by atoms with E-state index < -0.39 is 10.0 Å². The number of carbonyl (C=O) groups excluding carboxylic acids is 1. The average Bonchev–Trinajstić information content (AvgIpc) is 2.14. The van der Waals surface area contributed by atoms with E-state index in [9.17, 15) is 13.2 Å². The van der Waals surface area contributed by atoms with E-state index in [1.54, 1.807) is 20.8 Å². The van der Waals surface area contributed by atoms with Crippen LogP contribution in [0.2, 0.25) is 0 Å². The first-order chi connectivity index (χ1) is 6.89. The Balaban J connectivity index is 3.89. The van der Waals surface area contributed by atoms with Gasteiger partial charge in [0.05, 0.1) is 18.9 Å². The summed E-state index contributed by atoms with van der Waals surface area (Å²) in [4.78, 5) is 11.2. The van der Waals surface area contributed by atoms with Gasteiger partial charge in [-0.1, -0.05) is 13.8 Å². The minimum Gasteiger partial charge on any atom is -0.381 e. The molecule has 0 aliphatic rings. The van der Waals surface area contributed by atoms with Gasteiger partial charge in [0.2, 0.25) is 10.0 Å². The number of carbonyl (C=O) groups is 1. The van der Waals surface area contributed by atoms with Crippen LogP contribution >= 0.6 is 0 Å². The topological polar surface area (TPSA) is 72.5 Å². The van der Waals surface area contributed by atoms with Gasteiger partial charge in [0.25, 0.3) is 0 Å². The van der Waals surface area contributed by atoms with Gasteiger partial charge in [-0.15, -0.1) is 0 Å². The molecule has 0 aromatic carbocycles. The Labute approximate surface area is 91.2 Å². The van der Waals surface area contributed by atoms with Crippen molar-refractivity contribution in [2.75, 3.05) is 25.5 Å². The number of ketones is 1. The summed E-state index contributed by atoms with van der Waals surface area (Å²) in [5.41, 5.74) is 0. The number of sulfonamides is 1. The van der Waals surface area contributed by atoms with Crippen molar-refractivity contribution in [2.24, 2.45) is 5.92 Å². The molecule has 0 atom stereocenters. The summed E-state index contributed by atoms with van der Waals surface area (Å²) in [6.45, 7) is 5.77. The van der Waals surface area contributed by atoms with E-state index in [1.807, 2.05) is 0 Å². The van der Waals surface area contributed by atoms with Crippen molar-refractivity contribution in [1.29, 1.82) is 0 Å². The minimum absolute atomic E-state index is 0.105. The molecule has 0 unspecified atom stereocenters. The van der Waals surface area contributed by atoms with Gasteiger partial charge in [0.15, 0.2) is 0 Å². The van der Waals surface area contributed by atoms with Gasteiger partial charge in [0, 0.05) is 12.5 Å². The molecule has 0 aromatic rings. The van der Waals surface area contributed by atoms with Gasteiger partial charge in [0.1, 0.15) is 5.78 Å². The molecule has 0 spiro atoms. The van der Waals surface area contributed by atoms with Crippen LogP contribution in [-0.2, 0) is 19.6 Å². The molecule has 0 heterocycles. The average molecular weight is 237 g/mol. The Bertz CT molecular complexity index is 284. The quantitative estimate of drug-likeness (QED) is 0.611. The number of ether oxygens (including phenoxy) is 1. The standard InChI is InChI=1S/C9H19NO4S/c1-4-14-5-6-15(12,13)10-7-9(11)8(2)3/h8,10H,4-7H2,1-3H3. The minimum atomic E-state index is -3.38. The Hall–Kier alpha value is -0.460. The van der Waals surface area contributed by atoms with E-state index >= 15 is 0 Å². The Kier molecular flexibility index (Phi) is 6.71. The van der Waals surface area contributed by atoms with Gasteiger partial charge >= 0.3 is 0 Å². The molecule has 0 rings (SSSR count). The predicted molar refractivity (Wildman–Crippen MR) is 58.1 cm³/mol. The number of rotatable bonds is 8. The molecule has 90 valence electrons.